The first-order valence-corrected chi connectivity index (χ1v) is 7.95. The molecule has 1 unspecified atom stereocenters. The Morgan fingerprint density at radius 3 is 2.76 bits per heavy atom. The highest BCUT2D eigenvalue weighted by Crippen LogP contribution is 2.23. The second-order valence-electron chi connectivity index (χ2n) is 7.01. The molecule has 1 aliphatic rings. The van der Waals surface area contributed by atoms with E-state index in [1.54, 1.807) is 6.92 Å². The molecule has 1 aromatic rings. The summed E-state index contributed by atoms with van der Waals surface area (Å²) in [6.45, 7) is 6.24. The average molecular weight is 289 g/mol. The van der Waals surface area contributed by atoms with Gasteiger partial charge in [-0.2, -0.15) is 0 Å². The third-order valence-corrected chi connectivity index (χ3v) is 4.04. The minimum absolute atomic E-state index is 0.0167. The summed E-state index contributed by atoms with van der Waals surface area (Å²) in [7, 11) is 0. The third-order valence-electron chi connectivity index (χ3n) is 4.04. The van der Waals surface area contributed by atoms with Crippen LogP contribution in [0.3, 0.4) is 0 Å². The van der Waals surface area contributed by atoms with E-state index in [1.807, 2.05) is 0 Å². The van der Waals surface area contributed by atoms with E-state index in [9.17, 15) is 9.90 Å². The summed E-state index contributed by atoms with van der Waals surface area (Å²) < 4.78 is 0. The number of amides is 1. The molecule has 0 fully saturated rings. The van der Waals surface area contributed by atoms with Crippen LogP contribution in [0.25, 0.3) is 0 Å². The largest absolute Gasteiger partial charge is 0.388 e. The topological polar surface area (TPSA) is 49.3 Å². The molecule has 0 spiro atoms. The fourth-order valence-electron chi connectivity index (χ4n) is 3.22. The molecular formula is C18H27NO2. The highest BCUT2D eigenvalue weighted by Gasteiger charge is 2.22. The van der Waals surface area contributed by atoms with Gasteiger partial charge < -0.3 is 10.4 Å². The third kappa shape index (κ3) is 4.85. The molecule has 0 bridgehead atoms. The van der Waals surface area contributed by atoms with Gasteiger partial charge in [-0.3, -0.25) is 4.79 Å². The zero-order valence-corrected chi connectivity index (χ0v) is 13.4. The molecule has 1 aromatic carbocycles. The number of aliphatic hydroxyl groups is 1. The standard InChI is InChI=1S/C18H27NO2/c1-13(2)11-18(3,21)12-19-17(20)10-14-7-8-15-5-4-6-16(15)9-14/h7-9,13,21H,4-6,10-12H2,1-3H3,(H,19,20). The maximum absolute atomic E-state index is 12.0. The van der Waals surface area contributed by atoms with E-state index >= 15 is 0 Å². The van der Waals surface area contributed by atoms with E-state index in [1.165, 1.54) is 24.0 Å². The van der Waals surface area contributed by atoms with Crippen molar-refractivity contribution >= 4 is 5.91 Å². The van der Waals surface area contributed by atoms with Gasteiger partial charge in [0, 0.05) is 6.54 Å². The van der Waals surface area contributed by atoms with Crippen LogP contribution >= 0.6 is 0 Å². The molecule has 1 aliphatic carbocycles. The smallest absolute Gasteiger partial charge is 0.224 e. The molecule has 2 rings (SSSR count). The van der Waals surface area contributed by atoms with Gasteiger partial charge in [0.15, 0.2) is 0 Å². The lowest BCUT2D eigenvalue weighted by Gasteiger charge is -2.25. The molecular weight excluding hydrogens is 262 g/mol. The fraction of sp³-hybridized carbons (Fsp3) is 0.611. The van der Waals surface area contributed by atoms with Gasteiger partial charge in [-0.1, -0.05) is 32.0 Å². The number of carbonyl (C=O) groups excluding carboxylic acids is 1. The van der Waals surface area contributed by atoms with Gasteiger partial charge in [-0.25, -0.2) is 0 Å². The Bertz CT molecular complexity index is 506. The van der Waals surface area contributed by atoms with Crippen LogP contribution in [-0.4, -0.2) is 23.2 Å². The van der Waals surface area contributed by atoms with Crippen molar-refractivity contribution in [2.75, 3.05) is 6.54 Å². The van der Waals surface area contributed by atoms with Crippen molar-refractivity contribution in [1.82, 2.24) is 5.32 Å². The quantitative estimate of drug-likeness (QED) is 0.846. The Balaban J connectivity index is 1.85. The van der Waals surface area contributed by atoms with Gasteiger partial charge in [0.1, 0.15) is 0 Å². The van der Waals surface area contributed by atoms with Crippen molar-refractivity contribution in [3.8, 4) is 0 Å². The Morgan fingerprint density at radius 1 is 1.33 bits per heavy atom. The summed E-state index contributed by atoms with van der Waals surface area (Å²) in [6, 6.07) is 6.37. The number of aryl methyl sites for hydroxylation is 2. The summed E-state index contributed by atoms with van der Waals surface area (Å²) in [5.41, 5.74) is 3.06. The molecule has 0 saturated heterocycles. The highest BCUT2D eigenvalue weighted by atomic mass is 16.3. The van der Waals surface area contributed by atoms with E-state index in [0.29, 0.717) is 25.3 Å². The normalized spacial score (nSPS) is 16.6. The van der Waals surface area contributed by atoms with Gasteiger partial charge in [0.05, 0.1) is 12.0 Å². The van der Waals surface area contributed by atoms with Gasteiger partial charge in [0.25, 0.3) is 0 Å². The second kappa shape index (κ2) is 6.61. The van der Waals surface area contributed by atoms with E-state index < -0.39 is 5.60 Å². The van der Waals surface area contributed by atoms with Crippen LogP contribution in [0.5, 0.6) is 0 Å². The average Bonchev–Trinajstić information content (AvgIpc) is 2.82. The van der Waals surface area contributed by atoms with E-state index in [0.717, 1.165) is 12.0 Å². The molecule has 3 heteroatoms. The molecule has 0 saturated carbocycles. The van der Waals surface area contributed by atoms with Crippen LogP contribution in [-0.2, 0) is 24.1 Å². The molecule has 21 heavy (non-hydrogen) atoms. The molecule has 0 aliphatic heterocycles. The first kappa shape index (κ1) is 16.0. The summed E-state index contributed by atoms with van der Waals surface area (Å²) in [5, 5.41) is 13.1. The van der Waals surface area contributed by atoms with Gasteiger partial charge >= 0.3 is 0 Å². The Kier molecular flexibility index (Phi) is 5.04. The lowest BCUT2D eigenvalue weighted by molar-refractivity contribution is -0.121. The van der Waals surface area contributed by atoms with E-state index in [-0.39, 0.29) is 5.91 Å². The number of benzene rings is 1. The molecule has 2 N–H and O–H groups in total. The zero-order chi connectivity index (χ0) is 15.5. The second-order valence-corrected chi connectivity index (χ2v) is 7.01. The van der Waals surface area contributed by atoms with Crippen LogP contribution in [0.4, 0.5) is 0 Å². The van der Waals surface area contributed by atoms with E-state index in [2.05, 4.69) is 37.4 Å². The lowest BCUT2D eigenvalue weighted by Crippen LogP contribution is -2.42. The van der Waals surface area contributed by atoms with Crippen LogP contribution in [0, 0.1) is 5.92 Å². The van der Waals surface area contributed by atoms with Crippen molar-refractivity contribution in [2.45, 2.75) is 58.5 Å². The summed E-state index contributed by atoms with van der Waals surface area (Å²) in [4.78, 5) is 12.0. The maximum atomic E-state index is 12.0. The molecule has 0 heterocycles. The SMILES string of the molecule is CC(C)CC(C)(O)CNC(=O)Cc1ccc2c(c1)CCC2. The monoisotopic (exact) mass is 289 g/mol. The molecule has 0 aromatic heterocycles. The lowest BCUT2D eigenvalue weighted by atomic mass is 9.94. The van der Waals surface area contributed by atoms with Crippen LogP contribution in [0.2, 0.25) is 0 Å². The van der Waals surface area contributed by atoms with Crippen LogP contribution in [0.1, 0.15) is 50.3 Å². The molecule has 1 atom stereocenters. The van der Waals surface area contributed by atoms with Gasteiger partial charge in [0.2, 0.25) is 5.91 Å². The number of fused-ring (bicyclic) bond motifs is 1. The molecule has 0 radical (unpaired) electrons. The predicted molar refractivity (Wildman–Crippen MR) is 85.3 cm³/mol. The minimum atomic E-state index is -0.832. The summed E-state index contributed by atoms with van der Waals surface area (Å²) in [5.74, 6) is 0.394. The minimum Gasteiger partial charge on any atom is -0.388 e. The van der Waals surface area contributed by atoms with Gasteiger partial charge in [-0.15, -0.1) is 0 Å². The van der Waals surface area contributed by atoms with Crippen LogP contribution in [0.15, 0.2) is 18.2 Å². The predicted octanol–water partition coefficient (Wildman–Crippen LogP) is 2.63. The number of hydrogen-bond donors (Lipinski definition) is 2. The van der Waals surface area contributed by atoms with Crippen LogP contribution < -0.4 is 5.32 Å². The van der Waals surface area contributed by atoms with Crippen molar-refractivity contribution < 1.29 is 9.90 Å². The first-order valence-electron chi connectivity index (χ1n) is 7.95. The summed E-state index contributed by atoms with van der Waals surface area (Å²) in [6.07, 6.45) is 4.61. The van der Waals surface area contributed by atoms with Crippen molar-refractivity contribution in [3.63, 3.8) is 0 Å². The zero-order valence-electron chi connectivity index (χ0n) is 13.4. The number of carbonyl (C=O) groups is 1. The molecule has 3 nitrogen and oxygen atoms in total. The molecule has 116 valence electrons. The molecule has 1 amide bonds. The fourth-order valence-corrected chi connectivity index (χ4v) is 3.22. The Morgan fingerprint density at radius 2 is 2.05 bits per heavy atom. The number of rotatable bonds is 6. The number of nitrogens with one attached hydrogen (secondary N) is 1. The Labute approximate surface area is 127 Å². The Hall–Kier alpha value is -1.35. The number of hydrogen-bond acceptors (Lipinski definition) is 2. The van der Waals surface area contributed by atoms with Gasteiger partial charge in [-0.05, 0) is 55.2 Å². The first-order chi connectivity index (χ1) is 9.85. The maximum Gasteiger partial charge on any atom is 0.224 e. The van der Waals surface area contributed by atoms with Crippen molar-refractivity contribution in [1.29, 1.82) is 0 Å². The van der Waals surface area contributed by atoms with Crippen molar-refractivity contribution in [3.05, 3.63) is 34.9 Å². The highest BCUT2D eigenvalue weighted by molar-refractivity contribution is 5.78. The van der Waals surface area contributed by atoms with E-state index in [4.69, 9.17) is 0 Å². The van der Waals surface area contributed by atoms with Crippen molar-refractivity contribution in [2.24, 2.45) is 5.92 Å². The summed E-state index contributed by atoms with van der Waals surface area (Å²) >= 11 is 0.